The van der Waals surface area contributed by atoms with Gasteiger partial charge >= 0.3 is 0 Å². The Balaban J connectivity index is 3.52. The van der Waals surface area contributed by atoms with Crippen molar-refractivity contribution in [1.29, 1.82) is 0 Å². The van der Waals surface area contributed by atoms with Crippen LogP contribution in [0.25, 0.3) is 0 Å². The third kappa shape index (κ3) is 14.1. The van der Waals surface area contributed by atoms with E-state index in [1.807, 2.05) is 23.5 Å². The van der Waals surface area contributed by atoms with Crippen LogP contribution in [-0.2, 0) is 0 Å². The van der Waals surface area contributed by atoms with Crippen LogP contribution >= 0.6 is 48.8 Å². The predicted molar refractivity (Wildman–Crippen MR) is 107 cm³/mol. The van der Waals surface area contributed by atoms with E-state index >= 15 is 0 Å². The molecule has 0 spiro atoms. The molecule has 0 aliphatic rings. The zero-order valence-electron chi connectivity index (χ0n) is 13.2. The summed E-state index contributed by atoms with van der Waals surface area (Å²) < 4.78 is 2.23. The van der Waals surface area contributed by atoms with Gasteiger partial charge in [0, 0.05) is 0 Å². The second kappa shape index (κ2) is 16.5. The minimum Gasteiger partial charge on any atom is -0.135 e. The van der Waals surface area contributed by atoms with Gasteiger partial charge in [-0.25, -0.2) is 0 Å². The largest absolute Gasteiger partial charge is 0.135 e. The average Bonchev–Trinajstić information content (AvgIpc) is 2.45. The summed E-state index contributed by atoms with van der Waals surface area (Å²) in [6.07, 6.45) is 13.5. The Labute approximate surface area is 146 Å². The van der Waals surface area contributed by atoms with E-state index in [1.54, 1.807) is 0 Å². The first-order chi connectivity index (χ1) is 9.72. The third-order valence-electron chi connectivity index (χ3n) is 3.16. The number of hydrogen-bond acceptors (Lipinski definition) is 4. The quantitative estimate of drug-likeness (QED) is 0.247. The molecule has 0 nitrogen and oxygen atoms in total. The van der Waals surface area contributed by atoms with Crippen LogP contribution in [0.5, 0.6) is 0 Å². The van der Waals surface area contributed by atoms with E-state index < -0.39 is 0 Å². The van der Waals surface area contributed by atoms with Crippen molar-refractivity contribution in [2.75, 3.05) is 11.5 Å². The highest BCUT2D eigenvalue weighted by molar-refractivity contribution is 8.21. The topological polar surface area (TPSA) is 0 Å². The minimum absolute atomic E-state index is 1.11. The molecule has 0 aromatic rings. The van der Waals surface area contributed by atoms with Gasteiger partial charge in [0.25, 0.3) is 0 Å². The van der Waals surface area contributed by atoms with Gasteiger partial charge in [-0.2, -0.15) is 0 Å². The summed E-state index contributed by atoms with van der Waals surface area (Å²) in [6.45, 7) is 4.52. The van der Waals surface area contributed by atoms with Gasteiger partial charge in [0.15, 0.2) is 0 Å². The molecule has 0 aromatic carbocycles. The Morgan fingerprint density at radius 3 is 1.30 bits per heavy atom. The van der Waals surface area contributed by atoms with E-state index in [0.717, 1.165) is 8.47 Å². The molecule has 0 saturated heterocycles. The molecule has 0 aliphatic carbocycles. The van der Waals surface area contributed by atoms with Crippen LogP contribution in [0.4, 0.5) is 0 Å². The first-order valence-corrected chi connectivity index (χ1v) is 11.0. The van der Waals surface area contributed by atoms with Crippen molar-refractivity contribution in [2.24, 2.45) is 0 Å². The summed E-state index contributed by atoms with van der Waals surface area (Å²) in [5, 5.41) is 0. The van der Waals surface area contributed by atoms with Crippen molar-refractivity contribution in [1.82, 2.24) is 0 Å². The van der Waals surface area contributed by atoms with E-state index in [9.17, 15) is 0 Å². The molecule has 0 radical (unpaired) electrons. The third-order valence-corrected chi connectivity index (χ3v) is 6.93. The van der Waals surface area contributed by atoms with Gasteiger partial charge in [0.2, 0.25) is 0 Å². The Morgan fingerprint density at radius 1 is 0.600 bits per heavy atom. The lowest BCUT2D eigenvalue weighted by atomic mass is 10.2. The SMILES string of the molecule is CCCCCCCS/C(S)=C(/S)SCCCCCCC. The average molecular weight is 353 g/mol. The van der Waals surface area contributed by atoms with Crippen LogP contribution in [0.15, 0.2) is 8.47 Å². The van der Waals surface area contributed by atoms with Crippen LogP contribution in [-0.4, -0.2) is 11.5 Å². The maximum atomic E-state index is 4.57. The van der Waals surface area contributed by atoms with Gasteiger partial charge in [-0.15, -0.1) is 48.8 Å². The highest BCUT2D eigenvalue weighted by atomic mass is 32.2. The zero-order chi connectivity index (χ0) is 15.1. The molecule has 120 valence electrons. The molecule has 0 aromatic heterocycles. The first kappa shape index (κ1) is 21.1. The summed E-state index contributed by atoms with van der Waals surface area (Å²) >= 11 is 12.9. The van der Waals surface area contributed by atoms with Gasteiger partial charge in [-0.1, -0.05) is 65.2 Å². The fourth-order valence-corrected chi connectivity index (χ4v) is 4.49. The fourth-order valence-electron chi connectivity index (χ4n) is 1.87. The lowest BCUT2D eigenvalue weighted by molar-refractivity contribution is 0.659. The molecule has 20 heavy (non-hydrogen) atoms. The van der Waals surface area contributed by atoms with Gasteiger partial charge < -0.3 is 0 Å². The van der Waals surface area contributed by atoms with E-state index in [-0.39, 0.29) is 0 Å². The van der Waals surface area contributed by atoms with Crippen LogP contribution in [0, 0.1) is 0 Å². The standard InChI is InChI=1S/C16H32S4/c1-3-5-7-9-11-13-19-15(17)16(18)20-14-12-10-8-6-4-2/h17-18H,3-14H2,1-2H3/b16-15-. The van der Waals surface area contributed by atoms with E-state index in [1.165, 1.54) is 75.7 Å². The van der Waals surface area contributed by atoms with Crippen molar-refractivity contribution in [2.45, 2.75) is 78.1 Å². The normalized spacial score (nSPS) is 12.6. The van der Waals surface area contributed by atoms with E-state index in [2.05, 4.69) is 39.1 Å². The zero-order valence-corrected chi connectivity index (χ0v) is 16.6. The minimum atomic E-state index is 1.11. The van der Waals surface area contributed by atoms with Gasteiger partial charge in [0.05, 0.1) is 8.47 Å². The Kier molecular flexibility index (Phi) is 17.5. The van der Waals surface area contributed by atoms with Crippen LogP contribution in [0.3, 0.4) is 0 Å². The number of rotatable bonds is 14. The summed E-state index contributed by atoms with van der Waals surface area (Å²) in [7, 11) is 0. The first-order valence-electron chi connectivity index (χ1n) is 8.10. The molecule has 0 N–H and O–H groups in total. The second-order valence-electron chi connectivity index (χ2n) is 5.14. The van der Waals surface area contributed by atoms with Crippen molar-refractivity contribution >= 4 is 48.8 Å². The molecular formula is C16H32S4. The fraction of sp³-hybridized carbons (Fsp3) is 0.875. The molecule has 0 bridgehead atoms. The molecule has 0 heterocycles. The van der Waals surface area contributed by atoms with Crippen LogP contribution in [0.2, 0.25) is 0 Å². The highest BCUT2D eigenvalue weighted by Crippen LogP contribution is 2.34. The predicted octanol–water partition coefficient (Wildman–Crippen LogP) is 7.38. The Morgan fingerprint density at radius 2 is 0.950 bits per heavy atom. The van der Waals surface area contributed by atoms with Crippen molar-refractivity contribution in [3.8, 4) is 0 Å². The molecule has 0 atom stereocenters. The summed E-state index contributed by atoms with van der Waals surface area (Å²) in [4.78, 5) is 0. The number of thioether (sulfide) groups is 2. The summed E-state index contributed by atoms with van der Waals surface area (Å²) in [5.41, 5.74) is 0. The Hall–Kier alpha value is 1.14. The smallest absolute Gasteiger partial charge is 0.0569 e. The lowest BCUT2D eigenvalue weighted by Crippen LogP contribution is -1.84. The monoisotopic (exact) mass is 352 g/mol. The summed E-state index contributed by atoms with van der Waals surface area (Å²) in [5.74, 6) is 2.37. The van der Waals surface area contributed by atoms with Gasteiger partial charge in [-0.05, 0) is 24.3 Å². The number of hydrogen-bond donors (Lipinski definition) is 2. The maximum absolute atomic E-state index is 4.57. The van der Waals surface area contributed by atoms with Gasteiger partial charge in [-0.3, -0.25) is 0 Å². The molecule has 0 fully saturated rings. The van der Waals surface area contributed by atoms with E-state index in [4.69, 9.17) is 0 Å². The van der Waals surface area contributed by atoms with Crippen LogP contribution in [0.1, 0.15) is 78.1 Å². The lowest BCUT2D eigenvalue weighted by Gasteiger charge is -2.06. The van der Waals surface area contributed by atoms with Crippen molar-refractivity contribution in [3.63, 3.8) is 0 Å². The van der Waals surface area contributed by atoms with Crippen molar-refractivity contribution in [3.05, 3.63) is 8.47 Å². The van der Waals surface area contributed by atoms with Crippen LogP contribution < -0.4 is 0 Å². The molecule has 4 heteroatoms. The van der Waals surface area contributed by atoms with Crippen molar-refractivity contribution < 1.29 is 0 Å². The number of thiol groups is 2. The molecule has 0 unspecified atom stereocenters. The second-order valence-corrected chi connectivity index (χ2v) is 8.85. The molecule has 0 amide bonds. The number of unbranched alkanes of at least 4 members (excludes halogenated alkanes) is 8. The molecular weight excluding hydrogens is 320 g/mol. The van der Waals surface area contributed by atoms with Gasteiger partial charge in [0.1, 0.15) is 0 Å². The maximum Gasteiger partial charge on any atom is 0.0569 e. The Bertz CT molecular complexity index is 215. The summed E-state index contributed by atoms with van der Waals surface area (Å²) in [6, 6.07) is 0. The van der Waals surface area contributed by atoms with E-state index in [0.29, 0.717) is 0 Å². The highest BCUT2D eigenvalue weighted by Gasteiger charge is 2.01. The molecule has 0 rings (SSSR count). The molecule has 0 aliphatic heterocycles. The molecule has 0 saturated carbocycles.